The van der Waals surface area contributed by atoms with Crippen LogP contribution in [0.25, 0.3) is 0 Å². The van der Waals surface area contributed by atoms with Crippen molar-refractivity contribution in [3.63, 3.8) is 0 Å². The van der Waals surface area contributed by atoms with E-state index in [9.17, 15) is 0 Å². The van der Waals surface area contributed by atoms with E-state index in [-0.39, 0.29) is 0 Å². The minimum atomic E-state index is 0.651. The SMILES string of the molecule is CC(CN)CCCN(C)Cc1cscn1. The number of rotatable bonds is 7. The van der Waals surface area contributed by atoms with Crippen molar-refractivity contribution >= 4 is 11.3 Å². The molecule has 0 bridgehead atoms. The monoisotopic (exact) mass is 227 g/mol. The van der Waals surface area contributed by atoms with Crippen LogP contribution in [-0.4, -0.2) is 30.0 Å². The smallest absolute Gasteiger partial charge is 0.0795 e. The van der Waals surface area contributed by atoms with Gasteiger partial charge in [-0.1, -0.05) is 6.92 Å². The van der Waals surface area contributed by atoms with Crippen LogP contribution in [0.2, 0.25) is 0 Å². The lowest BCUT2D eigenvalue weighted by Crippen LogP contribution is -2.20. The molecule has 0 spiro atoms. The summed E-state index contributed by atoms with van der Waals surface area (Å²) in [6.45, 7) is 5.10. The molecule has 0 amide bonds. The second-order valence-electron chi connectivity index (χ2n) is 4.20. The number of nitrogens with zero attached hydrogens (tertiary/aromatic N) is 2. The normalized spacial score (nSPS) is 13.3. The maximum atomic E-state index is 5.58. The molecule has 0 aromatic carbocycles. The summed E-state index contributed by atoms with van der Waals surface area (Å²) in [7, 11) is 2.15. The Hall–Kier alpha value is -0.450. The van der Waals surface area contributed by atoms with E-state index in [2.05, 4.69) is 29.2 Å². The summed E-state index contributed by atoms with van der Waals surface area (Å²) in [5, 5.41) is 2.11. The maximum absolute atomic E-state index is 5.58. The lowest BCUT2D eigenvalue weighted by Gasteiger charge is -2.16. The van der Waals surface area contributed by atoms with Gasteiger partial charge in [0.2, 0.25) is 0 Å². The summed E-state index contributed by atoms with van der Waals surface area (Å²) in [5.74, 6) is 0.651. The molecule has 0 saturated heterocycles. The van der Waals surface area contributed by atoms with Gasteiger partial charge in [-0.05, 0) is 38.9 Å². The predicted molar refractivity (Wildman–Crippen MR) is 65.9 cm³/mol. The first-order valence-corrected chi connectivity index (χ1v) is 6.42. The van der Waals surface area contributed by atoms with Crippen molar-refractivity contribution in [2.45, 2.75) is 26.3 Å². The van der Waals surface area contributed by atoms with Gasteiger partial charge in [-0.15, -0.1) is 11.3 Å². The molecule has 3 nitrogen and oxygen atoms in total. The number of aromatic nitrogens is 1. The minimum absolute atomic E-state index is 0.651. The Bertz CT molecular complexity index is 248. The molecule has 0 aliphatic carbocycles. The topological polar surface area (TPSA) is 42.1 Å². The summed E-state index contributed by atoms with van der Waals surface area (Å²) < 4.78 is 0. The van der Waals surface area contributed by atoms with Gasteiger partial charge in [-0.25, -0.2) is 4.98 Å². The van der Waals surface area contributed by atoms with Gasteiger partial charge in [0.1, 0.15) is 0 Å². The largest absolute Gasteiger partial charge is 0.330 e. The second kappa shape index (κ2) is 6.93. The highest BCUT2D eigenvalue weighted by atomic mass is 32.1. The van der Waals surface area contributed by atoms with Crippen LogP contribution in [0, 0.1) is 5.92 Å². The average Bonchev–Trinajstić information content (AvgIpc) is 2.70. The molecule has 2 N–H and O–H groups in total. The van der Waals surface area contributed by atoms with E-state index in [4.69, 9.17) is 5.73 Å². The van der Waals surface area contributed by atoms with E-state index in [1.165, 1.54) is 18.5 Å². The molecule has 0 fully saturated rings. The van der Waals surface area contributed by atoms with Crippen molar-refractivity contribution in [1.29, 1.82) is 0 Å². The van der Waals surface area contributed by atoms with E-state index in [0.717, 1.165) is 19.6 Å². The van der Waals surface area contributed by atoms with Crippen molar-refractivity contribution in [3.8, 4) is 0 Å². The molecule has 1 aromatic heterocycles. The molecule has 1 heterocycles. The Kier molecular flexibility index (Phi) is 5.83. The molecule has 15 heavy (non-hydrogen) atoms. The Balaban J connectivity index is 2.11. The third-order valence-corrected chi connectivity index (χ3v) is 3.19. The fourth-order valence-electron chi connectivity index (χ4n) is 1.50. The van der Waals surface area contributed by atoms with Crippen LogP contribution in [-0.2, 0) is 6.54 Å². The molecule has 0 radical (unpaired) electrons. The third-order valence-electron chi connectivity index (χ3n) is 2.55. The summed E-state index contributed by atoms with van der Waals surface area (Å²) in [6, 6.07) is 0. The lowest BCUT2D eigenvalue weighted by molar-refractivity contribution is 0.306. The molecule has 1 rings (SSSR count). The van der Waals surface area contributed by atoms with Crippen molar-refractivity contribution in [1.82, 2.24) is 9.88 Å². The predicted octanol–water partition coefficient (Wildman–Crippen LogP) is 1.95. The molecular formula is C11H21N3S. The Morgan fingerprint density at radius 3 is 3.00 bits per heavy atom. The molecular weight excluding hydrogens is 206 g/mol. The van der Waals surface area contributed by atoms with Crippen LogP contribution in [0.3, 0.4) is 0 Å². The van der Waals surface area contributed by atoms with Gasteiger partial charge in [0.25, 0.3) is 0 Å². The van der Waals surface area contributed by atoms with Crippen molar-refractivity contribution in [2.75, 3.05) is 20.1 Å². The highest BCUT2D eigenvalue weighted by Gasteiger charge is 2.03. The summed E-state index contributed by atoms with van der Waals surface area (Å²) >= 11 is 1.66. The van der Waals surface area contributed by atoms with Crippen LogP contribution in [0.15, 0.2) is 10.9 Å². The molecule has 0 aliphatic heterocycles. The third kappa shape index (κ3) is 5.25. The molecule has 0 aliphatic rings. The Morgan fingerprint density at radius 2 is 2.40 bits per heavy atom. The zero-order chi connectivity index (χ0) is 11.1. The highest BCUT2D eigenvalue weighted by Crippen LogP contribution is 2.07. The molecule has 0 saturated carbocycles. The molecule has 4 heteroatoms. The number of hydrogen-bond donors (Lipinski definition) is 1. The summed E-state index contributed by atoms with van der Waals surface area (Å²) in [4.78, 5) is 6.59. The standard InChI is InChI=1S/C11H21N3S/c1-10(6-12)4-3-5-14(2)7-11-8-15-9-13-11/h8-10H,3-7,12H2,1-2H3. The first-order chi connectivity index (χ1) is 7.22. The summed E-state index contributed by atoms with van der Waals surface area (Å²) in [6.07, 6.45) is 2.44. The van der Waals surface area contributed by atoms with Gasteiger partial charge in [0.05, 0.1) is 11.2 Å². The van der Waals surface area contributed by atoms with Crippen LogP contribution in [0.5, 0.6) is 0 Å². The van der Waals surface area contributed by atoms with Gasteiger partial charge >= 0.3 is 0 Å². The lowest BCUT2D eigenvalue weighted by atomic mass is 10.1. The van der Waals surface area contributed by atoms with Crippen molar-refractivity contribution in [2.24, 2.45) is 11.7 Å². The minimum Gasteiger partial charge on any atom is -0.330 e. The van der Waals surface area contributed by atoms with Gasteiger partial charge in [-0.2, -0.15) is 0 Å². The van der Waals surface area contributed by atoms with Crippen LogP contribution in [0.1, 0.15) is 25.5 Å². The quantitative estimate of drug-likeness (QED) is 0.774. The molecule has 86 valence electrons. The average molecular weight is 227 g/mol. The number of nitrogens with two attached hydrogens (primary N) is 1. The first-order valence-electron chi connectivity index (χ1n) is 5.48. The fourth-order valence-corrected chi connectivity index (χ4v) is 2.05. The van der Waals surface area contributed by atoms with E-state index in [1.54, 1.807) is 11.3 Å². The Morgan fingerprint density at radius 1 is 1.60 bits per heavy atom. The number of hydrogen-bond acceptors (Lipinski definition) is 4. The van der Waals surface area contributed by atoms with E-state index >= 15 is 0 Å². The fraction of sp³-hybridized carbons (Fsp3) is 0.727. The van der Waals surface area contributed by atoms with Gasteiger partial charge in [0.15, 0.2) is 0 Å². The van der Waals surface area contributed by atoms with Crippen molar-refractivity contribution < 1.29 is 0 Å². The van der Waals surface area contributed by atoms with E-state index in [1.807, 2.05) is 5.51 Å². The van der Waals surface area contributed by atoms with Crippen LogP contribution in [0.4, 0.5) is 0 Å². The molecule has 1 aromatic rings. The zero-order valence-electron chi connectivity index (χ0n) is 9.65. The Labute approximate surface area is 96.3 Å². The summed E-state index contributed by atoms with van der Waals surface area (Å²) in [5.41, 5.74) is 8.64. The van der Waals surface area contributed by atoms with Gasteiger partial charge < -0.3 is 10.6 Å². The van der Waals surface area contributed by atoms with Crippen molar-refractivity contribution in [3.05, 3.63) is 16.6 Å². The maximum Gasteiger partial charge on any atom is 0.0795 e. The van der Waals surface area contributed by atoms with Gasteiger partial charge in [0, 0.05) is 11.9 Å². The van der Waals surface area contributed by atoms with Crippen LogP contribution < -0.4 is 5.73 Å². The van der Waals surface area contributed by atoms with E-state index < -0.39 is 0 Å². The van der Waals surface area contributed by atoms with E-state index in [0.29, 0.717) is 5.92 Å². The molecule has 1 unspecified atom stereocenters. The highest BCUT2D eigenvalue weighted by molar-refractivity contribution is 7.07. The zero-order valence-corrected chi connectivity index (χ0v) is 10.5. The first kappa shape index (κ1) is 12.6. The second-order valence-corrected chi connectivity index (χ2v) is 4.92. The number of thiazole rings is 1. The van der Waals surface area contributed by atoms with Crippen LogP contribution >= 0.6 is 11.3 Å². The van der Waals surface area contributed by atoms with Gasteiger partial charge in [-0.3, -0.25) is 0 Å². The molecule has 1 atom stereocenters.